The number of anilines is 1. The van der Waals surface area contributed by atoms with Gasteiger partial charge in [-0.15, -0.1) is 0 Å². The maximum absolute atomic E-state index is 4.22. The molecule has 1 aromatic carbocycles. The minimum atomic E-state index is 0.662. The van der Waals surface area contributed by atoms with Gasteiger partial charge in [0.2, 0.25) is 5.95 Å². The third kappa shape index (κ3) is 2.65. The first-order valence-electron chi connectivity index (χ1n) is 7.12. The van der Waals surface area contributed by atoms with Crippen molar-refractivity contribution in [2.75, 3.05) is 31.6 Å². The van der Waals surface area contributed by atoms with Crippen molar-refractivity contribution in [3.8, 4) is 5.69 Å². The van der Waals surface area contributed by atoms with Crippen molar-refractivity contribution in [2.45, 2.75) is 12.8 Å². The van der Waals surface area contributed by atoms with E-state index < -0.39 is 0 Å². The highest BCUT2D eigenvalue weighted by atomic mass is 15.6. The van der Waals surface area contributed by atoms with Crippen molar-refractivity contribution in [2.24, 2.45) is 5.92 Å². The van der Waals surface area contributed by atoms with E-state index in [1.165, 1.54) is 12.8 Å². The Morgan fingerprint density at radius 2 is 2.15 bits per heavy atom. The molecule has 6 nitrogen and oxygen atoms in total. The molecule has 3 rings (SSSR count). The highest BCUT2D eigenvalue weighted by molar-refractivity contribution is 5.40. The molecular formula is C14H20N6. The van der Waals surface area contributed by atoms with E-state index in [2.05, 4.69) is 25.7 Å². The lowest BCUT2D eigenvalue weighted by molar-refractivity contribution is 0.398. The van der Waals surface area contributed by atoms with Crippen LogP contribution >= 0.6 is 0 Å². The van der Waals surface area contributed by atoms with Crippen molar-refractivity contribution in [3.63, 3.8) is 0 Å². The number of piperidine rings is 1. The molecule has 1 aliphatic heterocycles. The third-order valence-corrected chi connectivity index (χ3v) is 3.75. The summed E-state index contributed by atoms with van der Waals surface area (Å²) in [4.78, 5) is 2.29. The second-order valence-corrected chi connectivity index (χ2v) is 5.24. The summed E-state index contributed by atoms with van der Waals surface area (Å²) in [7, 11) is 2.01. The molecule has 2 heterocycles. The summed E-state index contributed by atoms with van der Waals surface area (Å²) in [5, 5.41) is 15.5. The zero-order chi connectivity index (χ0) is 13.8. The SMILES string of the molecule is CNCC1CCCN(c2nnnn2-c2ccccc2)C1. The molecule has 0 radical (unpaired) electrons. The van der Waals surface area contributed by atoms with Gasteiger partial charge in [0.05, 0.1) is 5.69 Å². The molecule has 1 aliphatic rings. The first kappa shape index (κ1) is 13.1. The lowest BCUT2D eigenvalue weighted by Gasteiger charge is -2.32. The molecule has 1 saturated heterocycles. The number of para-hydroxylation sites is 1. The van der Waals surface area contributed by atoms with Crippen LogP contribution in [0.15, 0.2) is 30.3 Å². The molecule has 0 amide bonds. The number of nitrogens with zero attached hydrogens (tertiary/aromatic N) is 5. The fourth-order valence-corrected chi connectivity index (χ4v) is 2.82. The number of hydrogen-bond donors (Lipinski definition) is 1. The van der Waals surface area contributed by atoms with Crippen LogP contribution in [0.4, 0.5) is 5.95 Å². The Kier molecular flexibility index (Phi) is 3.92. The Balaban J connectivity index is 1.82. The van der Waals surface area contributed by atoms with E-state index >= 15 is 0 Å². The second kappa shape index (κ2) is 6.00. The smallest absolute Gasteiger partial charge is 0.250 e. The molecule has 0 aliphatic carbocycles. The van der Waals surface area contributed by atoms with Gasteiger partial charge in [0.25, 0.3) is 0 Å². The van der Waals surface area contributed by atoms with Crippen LogP contribution < -0.4 is 10.2 Å². The van der Waals surface area contributed by atoms with E-state index in [4.69, 9.17) is 0 Å². The molecule has 6 heteroatoms. The van der Waals surface area contributed by atoms with Crippen LogP contribution in [0.5, 0.6) is 0 Å². The second-order valence-electron chi connectivity index (χ2n) is 5.24. The molecule has 1 aromatic heterocycles. The van der Waals surface area contributed by atoms with Gasteiger partial charge in [0.1, 0.15) is 0 Å². The van der Waals surface area contributed by atoms with Gasteiger partial charge in [-0.05, 0) is 54.9 Å². The lowest BCUT2D eigenvalue weighted by atomic mass is 9.98. The zero-order valence-electron chi connectivity index (χ0n) is 11.7. The Morgan fingerprint density at radius 1 is 1.30 bits per heavy atom. The van der Waals surface area contributed by atoms with Crippen molar-refractivity contribution in [3.05, 3.63) is 30.3 Å². The van der Waals surface area contributed by atoms with Gasteiger partial charge < -0.3 is 10.2 Å². The molecule has 0 bridgehead atoms. The molecule has 1 unspecified atom stereocenters. The lowest BCUT2D eigenvalue weighted by Crippen LogP contribution is -2.40. The van der Waals surface area contributed by atoms with Gasteiger partial charge in [-0.25, -0.2) is 0 Å². The van der Waals surface area contributed by atoms with Crippen molar-refractivity contribution in [1.29, 1.82) is 0 Å². The molecule has 0 saturated carbocycles. The summed E-state index contributed by atoms with van der Waals surface area (Å²) in [5.74, 6) is 1.51. The highest BCUT2D eigenvalue weighted by Crippen LogP contribution is 2.22. The Morgan fingerprint density at radius 3 is 2.95 bits per heavy atom. The van der Waals surface area contributed by atoms with Crippen LogP contribution in [-0.4, -0.2) is 46.9 Å². The van der Waals surface area contributed by atoms with Gasteiger partial charge in [-0.2, -0.15) is 4.68 Å². The average Bonchev–Trinajstić information content (AvgIpc) is 2.98. The zero-order valence-corrected chi connectivity index (χ0v) is 11.7. The summed E-state index contributed by atoms with van der Waals surface area (Å²) >= 11 is 0. The molecule has 1 atom stereocenters. The van der Waals surface area contributed by atoms with Gasteiger partial charge >= 0.3 is 0 Å². The van der Waals surface area contributed by atoms with Crippen LogP contribution in [0.2, 0.25) is 0 Å². The largest absolute Gasteiger partial charge is 0.339 e. The molecule has 0 spiro atoms. The van der Waals surface area contributed by atoms with Crippen LogP contribution in [0.3, 0.4) is 0 Å². The van der Waals surface area contributed by atoms with Gasteiger partial charge in [0.15, 0.2) is 0 Å². The number of hydrogen-bond acceptors (Lipinski definition) is 5. The monoisotopic (exact) mass is 272 g/mol. The van der Waals surface area contributed by atoms with Crippen LogP contribution in [-0.2, 0) is 0 Å². The van der Waals surface area contributed by atoms with Crippen molar-refractivity contribution in [1.82, 2.24) is 25.5 Å². The fraction of sp³-hybridized carbons (Fsp3) is 0.500. The number of nitrogens with one attached hydrogen (secondary N) is 1. The van der Waals surface area contributed by atoms with E-state index in [0.29, 0.717) is 5.92 Å². The van der Waals surface area contributed by atoms with Gasteiger partial charge in [-0.1, -0.05) is 23.3 Å². The predicted molar refractivity (Wildman–Crippen MR) is 78.0 cm³/mol. The summed E-state index contributed by atoms with van der Waals surface area (Å²) in [6.07, 6.45) is 2.46. The molecule has 1 fully saturated rings. The Labute approximate surface area is 118 Å². The Bertz CT molecular complexity index is 536. The maximum Gasteiger partial charge on any atom is 0.250 e. The summed E-state index contributed by atoms with van der Waals surface area (Å²) in [6.45, 7) is 3.07. The standard InChI is InChI=1S/C14H20N6/c1-15-10-12-6-5-9-19(11-12)14-16-17-18-20(14)13-7-3-2-4-8-13/h2-4,7-8,12,15H,5-6,9-11H2,1H3. The van der Waals surface area contributed by atoms with Gasteiger partial charge in [-0.3, -0.25) is 0 Å². The highest BCUT2D eigenvalue weighted by Gasteiger charge is 2.23. The minimum absolute atomic E-state index is 0.662. The topological polar surface area (TPSA) is 58.9 Å². The maximum atomic E-state index is 4.22. The quantitative estimate of drug-likeness (QED) is 0.903. The minimum Gasteiger partial charge on any atom is -0.339 e. The third-order valence-electron chi connectivity index (χ3n) is 3.75. The number of rotatable bonds is 4. The number of tetrazole rings is 1. The molecule has 2 aromatic rings. The predicted octanol–water partition coefficient (Wildman–Crippen LogP) is 1.10. The normalized spacial score (nSPS) is 19.2. The number of aromatic nitrogens is 4. The first-order valence-corrected chi connectivity index (χ1v) is 7.12. The Hall–Kier alpha value is -1.95. The van der Waals surface area contributed by atoms with Crippen LogP contribution in [0.25, 0.3) is 5.69 Å². The molecular weight excluding hydrogens is 252 g/mol. The van der Waals surface area contributed by atoms with Crippen molar-refractivity contribution < 1.29 is 0 Å². The fourth-order valence-electron chi connectivity index (χ4n) is 2.82. The summed E-state index contributed by atoms with van der Waals surface area (Å²) in [5.41, 5.74) is 1.00. The van der Waals surface area contributed by atoms with Crippen molar-refractivity contribution >= 4 is 5.95 Å². The van der Waals surface area contributed by atoms with Crippen LogP contribution in [0, 0.1) is 5.92 Å². The molecule has 1 N–H and O–H groups in total. The molecule has 106 valence electrons. The first-order chi connectivity index (χ1) is 9.88. The van der Waals surface area contributed by atoms with E-state index in [9.17, 15) is 0 Å². The van der Waals surface area contributed by atoms with E-state index in [0.717, 1.165) is 31.3 Å². The number of benzene rings is 1. The van der Waals surface area contributed by atoms with Gasteiger partial charge in [0, 0.05) is 13.1 Å². The average molecular weight is 272 g/mol. The summed E-state index contributed by atoms with van der Waals surface area (Å²) in [6, 6.07) is 10.0. The molecule has 20 heavy (non-hydrogen) atoms. The van der Waals surface area contributed by atoms with E-state index in [1.54, 1.807) is 0 Å². The summed E-state index contributed by atoms with van der Waals surface area (Å²) < 4.78 is 1.82. The van der Waals surface area contributed by atoms with E-state index in [-0.39, 0.29) is 0 Å². The van der Waals surface area contributed by atoms with E-state index in [1.807, 2.05) is 42.1 Å². The van der Waals surface area contributed by atoms with Crippen LogP contribution in [0.1, 0.15) is 12.8 Å².